The third-order valence-electron chi connectivity index (χ3n) is 5.84. The molecule has 0 saturated carbocycles. The Labute approximate surface area is 207 Å². The summed E-state index contributed by atoms with van der Waals surface area (Å²) < 4.78 is 22.4. The Balaban J connectivity index is 1.87. The normalized spacial score (nSPS) is 11.6. The van der Waals surface area contributed by atoms with E-state index >= 15 is 0 Å². The van der Waals surface area contributed by atoms with Gasteiger partial charge in [0, 0.05) is 0 Å². The molecule has 0 unspecified atom stereocenters. The van der Waals surface area contributed by atoms with Gasteiger partial charge in [-0.2, -0.15) is 0 Å². The van der Waals surface area contributed by atoms with E-state index in [1.165, 1.54) is 30.7 Å². The molecule has 0 spiro atoms. The second-order valence-corrected chi connectivity index (χ2v) is 13.4. The van der Waals surface area contributed by atoms with Crippen LogP contribution in [0.25, 0.3) is 0 Å². The van der Waals surface area contributed by atoms with Crippen LogP contribution < -0.4 is 15.1 Å². The highest BCUT2D eigenvalue weighted by atomic mass is 28.4. The van der Waals surface area contributed by atoms with Crippen LogP contribution in [0, 0.1) is 0 Å². The number of benzene rings is 3. The molecule has 0 aliphatic heterocycles. The Morgan fingerprint density at radius 2 is 1.17 bits per heavy atom. The first-order valence-electron chi connectivity index (χ1n) is 11.4. The summed E-state index contributed by atoms with van der Waals surface area (Å²) in [6.45, 7) is 7.19. The minimum atomic E-state index is -2.68. The Hall–Kier alpha value is -3.42. The molecule has 184 valence electrons. The van der Waals surface area contributed by atoms with Gasteiger partial charge in [0.05, 0.1) is 32.0 Å². The van der Waals surface area contributed by atoms with E-state index in [2.05, 4.69) is 45.0 Å². The average molecular weight is 493 g/mol. The van der Waals surface area contributed by atoms with Gasteiger partial charge >= 0.3 is 11.9 Å². The number of esters is 2. The van der Waals surface area contributed by atoms with Crippen molar-refractivity contribution in [2.45, 2.75) is 25.8 Å². The lowest BCUT2D eigenvalue weighted by atomic mass is 10.1. The van der Waals surface area contributed by atoms with Crippen molar-refractivity contribution in [3.63, 3.8) is 0 Å². The van der Waals surface area contributed by atoms with Crippen molar-refractivity contribution in [2.75, 3.05) is 27.4 Å². The third kappa shape index (κ3) is 5.81. The van der Waals surface area contributed by atoms with Crippen LogP contribution in [0.5, 0.6) is 5.75 Å². The highest BCUT2D eigenvalue weighted by Crippen LogP contribution is 2.36. The van der Waals surface area contributed by atoms with Crippen LogP contribution in [-0.2, 0) is 13.9 Å². The van der Waals surface area contributed by atoms with Gasteiger partial charge in [0.25, 0.3) is 8.32 Å². The maximum Gasteiger partial charge on any atom is 0.338 e. The molecule has 0 aromatic heterocycles. The van der Waals surface area contributed by atoms with Crippen LogP contribution >= 0.6 is 0 Å². The molecule has 7 heteroatoms. The summed E-state index contributed by atoms with van der Waals surface area (Å²) in [5, 5.41) is 2.21. The van der Waals surface area contributed by atoms with Crippen molar-refractivity contribution in [1.82, 2.24) is 0 Å². The number of methoxy groups -OCH3 is 2. The summed E-state index contributed by atoms with van der Waals surface area (Å²) in [6.07, 6.45) is 0. The zero-order chi connectivity index (χ0) is 25.5. The minimum absolute atomic E-state index is 0.154. The monoisotopic (exact) mass is 492 g/mol. The van der Waals surface area contributed by atoms with E-state index in [9.17, 15) is 9.59 Å². The summed E-state index contributed by atoms with van der Waals surface area (Å²) in [4.78, 5) is 24.1. The van der Waals surface area contributed by atoms with Crippen molar-refractivity contribution in [2.24, 2.45) is 0 Å². The van der Waals surface area contributed by atoms with Gasteiger partial charge in [-0.05, 0) is 33.6 Å². The summed E-state index contributed by atoms with van der Waals surface area (Å²) >= 11 is 0. The van der Waals surface area contributed by atoms with Crippen LogP contribution in [0.2, 0.25) is 5.04 Å². The zero-order valence-corrected chi connectivity index (χ0v) is 21.9. The molecule has 0 bridgehead atoms. The number of carbonyl (C=O) groups is 2. The van der Waals surface area contributed by atoms with Gasteiger partial charge in [-0.1, -0.05) is 81.4 Å². The van der Waals surface area contributed by atoms with E-state index in [1.54, 1.807) is 12.1 Å². The minimum Gasteiger partial charge on any atom is -0.491 e. The number of ether oxygens (including phenoxy) is 3. The molecule has 3 aromatic rings. The highest BCUT2D eigenvalue weighted by molar-refractivity contribution is 6.99. The number of hydrogen-bond donors (Lipinski definition) is 0. The molecule has 0 radical (unpaired) electrons. The molecule has 3 aromatic carbocycles. The Kier molecular flexibility index (Phi) is 8.48. The first-order valence-corrected chi connectivity index (χ1v) is 13.3. The van der Waals surface area contributed by atoms with Crippen LogP contribution in [0.15, 0.2) is 78.9 Å². The van der Waals surface area contributed by atoms with Crippen LogP contribution in [0.1, 0.15) is 41.5 Å². The Morgan fingerprint density at radius 3 is 1.57 bits per heavy atom. The molecule has 0 aliphatic carbocycles. The van der Waals surface area contributed by atoms with Crippen LogP contribution in [-0.4, -0.2) is 47.7 Å². The number of carbonyl (C=O) groups excluding carboxylic acids is 2. The van der Waals surface area contributed by atoms with E-state index in [0.717, 1.165) is 0 Å². The van der Waals surface area contributed by atoms with Crippen LogP contribution in [0.4, 0.5) is 0 Å². The van der Waals surface area contributed by atoms with Gasteiger partial charge in [-0.3, -0.25) is 0 Å². The second kappa shape index (κ2) is 11.3. The molecule has 0 fully saturated rings. The fraction of sp³-hybridized carbons (Fsp3) is 0.286. The van der Waals surface area contributed by atoms with Gasteiger partial charge < -0.3 is 18.6 Å². The van der Waals surface area contributed by atoms with Crippen molar-refractivity contribution >= 4 is 30.6 Å². The first kappa shape index (κ1) is 26.2. The van der Waals surface area contributed by atoms with E-state index in [0.29, 0.717) is 12.4 Å². The fourth-order valence-electron chi connectivity index (χ4n) is 4.27. The smallest absolute Gasteiger partial charge is 0.338 e. The predicted octanol–water partition coefficient (Wildman–Crippen LogP) is 4.22. The topological polar surface area (TPSA) is 71.1 Å². The Bertz CT molecular complexity index is 1070. The maximum absolute atomic E-state index is 12.1. The maximum atomic E-state index is 12.1. The summed E-state index contributed by atoms with van der Waals surface area (Å²) in [5.74, 6) is -0.771. The molecule has 0 aliphatic rings. The van der Waals surface area contributed by atoms with Gasteiger partial charge in [-0.15, -0.1) is 0 Å². The third-order valence-corrected chi connectivity index (χ3v) is 10.9. The van der Waals surface area contributed by atoms with E-state index in [4.69, 9.17) is 18.6 Å². The molecule has 3 rings (SSSR count). The fourth-order valence-corrected chi connectivity index (χ4v) is 8.81. The molecule has 0 atom stereocenters. The predicted molar refractivity (Wildman–Crippen MR) is 138 cm³/mol. The lowest BCUT2D eigenvalue weighted by Crippen LogP contribution is -2.66. The van der Waals surface area contributed by atoms with E-state index in [-0.39, 0.29) is 22.8 Å². The van der Waals surface area contributed by atoms with Crippen LogP contribution in [0.3, 0.4) is 0 Å². The summed E-state index contributed by atoms with van der Waals surface area (Å²) in [6, 6.07) is 25.2. The van der Waals surface area contributed by atoms with Gasteiger partial charge in [0.15, 0.2) is 0 Å². The number of hydrogen-bond acceptors (Lipinski definition) is 6. The number of rotatable bonds is 9. The molecule has 0 heterocycles. The largest absolute Gasteiger partial charge is 0.491 e. The quantitative estimate of drug-likeness (QED) is 0.253. The van der Waals surface area contributed by atoms with E-state index in [1.807, 2.05) is 36.4 Å². The molecule has 0 amide bonds. The molecular formula is C28H32O6Si. The van der Waals surface area contributed by atoms with E-state index < -0.39 is 20.3 Å². The van der Waals surface area contributed by atoms with Gasteiger partial charge in [0.2, 0.25) is 0 Å². The lowest BCUT2D eigenvalue weighted by Gasteiger charge is -2.43. The SMILES string of the molecule is COC(=O)c1cc(OCCO[Si](c2ccccc2)(c2ccccc2)C(C)(C)C)cc(C(=O)OC)c1. The summed E-state index contributed by atoms with van der Waals surface area (Å²) in [5.41, 5.74) is 0.414. The average Bonchev–Trinajstić information content (AvgIpc) is 2.88. The highest BCUT2D eigenvalue weighted by Gasteiger charge is 2.50. The van der Waals surface area contributed by atoms with Crippen molar-refractivity contribution in [3.05, 3.63) is 90.0 Å². The lowest BCUT2D eigenvalue weighted by molar-refractivity contribution is 0.0598. The molecule has 0 N–H and O–H groups in total. The Morgan fingerprint density at radius 1 is 0.714 bits per heavy atom. The van der Waals surface area contributed by atoms with Crippen molar-refractivity contribution in [1.29, 1.82) is 0 Å². The van der Waals surface area contributed by atoms with Gasteiger partial charge in [-0.25, -0.2) is 9.59 Å². The molecule has 6 nitrogen and oxygen atoms in total. The van der Waals surface area contributed by atoms with Crippen molar-refractivity contribution < 1.29 is 28.2 Å². The first-order chi connectivity index (χ1) is 16.7. The van der Waals surface area contributed by atoms with Gasteiger partial charge in [0.1, 0.15) is 12.4 Å². The second-order valence-electron chi connectivity index (χ2n) is 9.09. The molecule has 35 heavy (non-hydrogen) atoms. The summed E-state index contributed by atoms with van der Waals surface area (Å²) in [7, 11) is -0.119. The standard InChI is InChI=1S/C28H32O6Si/c1-28(2,3)35(24-12-8-6-9-13-24,25-14-10-7-11-15-25)34-17-16-33-23-19-21(26(29)31-4)18-22(20-23)27(30)32-5/h6-15,18-20H,16-17H2,1-5H3. The van der Waals surface area contributed by atoms with Crippen molar-refractivity contribution in [3.8, 4) is 5.75 Å². The zero-order valence-electron chi connectivity index (χ0n) is 20.9. The molecule has 0 saturated heterocycles. The molecular weight excluding hydrogens is 460 g/mol.